The maximum Gasteiger partial charge on any atom is 0.414 e. The number of anilines is 2. The monoisotopic (exact) mass is 576 g/mol. The summed E-state index contributed by atoms with van der Waals surface area (Å²) in [6, 6.07) is 16.2. The van der Waals surface area contributed by atoms with Crippen molar-refractivity contribution in [1.82, 2.24) is 9.80 Å². The molecule has 42 heavy (non-hydrogen) atoms. The van der Waals surface area contributed by atoms with Crippen molar-refractivity contribution in [2.45, 2.75) is 78.0 Å². The number of carbonyl (C=O) groups excluding carboxylic acids is 2. The first-order chi connectivity index (χ1) is 20.0. The van der Waals surface area contributed by atoms with E-state index >= 15 is 0 Å². The van der Waals surface area contributed by atoms with Crippen LogP contribution in [0.2, 0.25) is 0 Å². The molecule has 0 aliphatic carbocycles. The minimum atomic E-state index is -0.463. The van der Waals surface area contributed by atoms with Crippen LogP contribution in [0.3, 0.4) is 0 Å². The second-order valence-corrected chi connectivity index (χ2v) is 13.4. The lowest BCUT2D eigenvalue weighted by molar-refractivity contribution is -0.00186. The lowest BCUT2D eigenvalue weighted by Crippen LogP contribution is -2.59. The van der Waals surface area contributed by atoms with Gasteiger partial charge in [-0.25, -0.2) is 9.59 Å². The van der Waals surface area contributed by atoms with Crippen LogP contribution in [0.25, 0.3) is 0 Å². The third kappa shape index (κ3) is 6.86. The average molecular weight is 577 g/mol. The molecule has 5 rings (SSSR count). The summed E-state index contributed by atoms with van der Waals surface area (Å²) in [6.45, 7) is 16.9. The van der Waals surface area contributed by atoms with E-state index in [-0.39, 0.29) is 24.3 Å². The molecular weight excluding hydrogens is 528 g/mol. The second-order valence-electron chi connectivity index (χ2n) is 13.4. The van der Waals surface area contributed by atoms with Crippen LogP contribution in [0.5, 0.6) is 0 Å². The van der Waals surface area contributed by atoms with Gasteiger partial charge in [-0.2, -0.15) is 0 Å². The Morgan fingerprint density at radius 3 is 2.12 bits per heavy atom. The Balaban J connectivity index is 1.18. The summed E-state index contributed by atoms with van der Waals surface area (Å²) < 4.78 is 11.3. The van der Waals surface area contributed by atoms with Gasteiger partial charge in [0.25, 0.3) is 0 Å². The predicted molar refractivity (Wildman–Crippen MR) is 167 cm³/mol. The highest BCUT2D eigenvalue weighted by Crippen LogP contribution is 2.38. The topological polar surface area (TPSA) is 65.6 Å². The number of piperazine rings is 1. The van der Waals surface area contributed by atoms with Crippen LogP contribution < -0.4 is 9.80 Å². The average Bonchev–Trinajstić information content (AvgIpc) is 2.99. The molecule has 3 heterocycles. The largest absolute Gasteiger partial charge is 0.444 e. The van der Waals surface area contributed by atoms with Crippen LogP contribution in [0, 0.1) is 5.92 Å². The summed E-state index contributed by atoms with van der Waals surface area (Å²) in [5.41, 5.74) is 4.07. The van der Waals surface area contributed by atoms with Gasteiger partial charge in [0.1, 0.15) is 12.2 Å². The van der Waals surface area contributed by atoms with E-state index in [1.54, 1.807) is 0 Å². The van der Waals surface area contributed by atoms with Gasteiger partial charge < -0.3 is 19.3 Å². The van der Waals surface area contributed by atoms with E-state index in [0.29, 0.717) is 12.5 Å². The van der Waals surface area contributed by atoms with Crippen molar-refractivity contribution in [1.29, 1.82) is 0 Å². The van der Waals surface area contributed by atoms with Crippen molar-refractivity contribution < 1.29 is 19.1 Å². The molecule has 0 bridgehead atoms. The van der Waals surface area contributed by atoms with Crippen molar-refractivity contribution in [3.05, 3.63) is 59.7 Å². The molecule has 3 aliphatic heterocycles. The lowest BCUT2D eigenvalue weighted by Gasteiger charge is -2.50. The molecule has 0 unspecified atom stereocenters. The summed E-state index contributed by atoms with van der Waals surface area (Å²) in [6.07, 6.45) is 3.42. The Hall–Kier alpha value is -3.26. The van der Waals surface area contributed by atoms with Crippen LogP contribution in [-0.2, 0) is 22.5 Å². The molecule has 0 spiro atoms. The third-order valence-corrected chi connectivity index (χ3v) is 9.23. The number of ether oxygens (including phenoxy) is 2. The molecule has 0 saturated carbocycles. The van der Waals surface area contributed by atoms with E-state index in [2.05, 4.69) is 41.8 Å². The van der Waals surface area contributed by atoms with Crippen LogP contribution in [-0.4, -0.2) is 78.9 Å². The second kappa shape index (κ2) is 12.5. The van der Waals surface area contributed by atoms with E-state index < -0.39 is 5.60 Å². The van der Waals surface area contributed by atoms with Gasteiger partial charge in [0.2, 0.25) is 0 Å². The standard InChI is InChI=1S/C34H48N4O4/c1-33(2,3)42-31(39)36-19-16-27(17-20-36)34(4,5)37-23-21-35(22-24-37)29-14-9-15-30-28(29)13-10-18-38(30)32(40)41-25-26-11-7-6-8-12-26/h6-9,11-12,14-15,27H,10,13,16-25H2,1-5H3. The first-order valence-corrected chi connectivity index (χ1v) is 15.6. The van der Waals surface area contributed by atoms with Gasteiger partial charge >= 0.3 is 12.2 Å². The molecule has 0 aromatic heterocycles. The van der Waals surface area contributed by atoms with E-state index in [9.17, 15) is 9.59 Å². The number of hydrogen-bond donors (Lipinski definition) is 0. The molecule has 8 nitrogen and oxygen atoms in total. The number of likely N-dealkylation sites (tertiary alicyclic amines) is 1. The molecule has 0 atom stereocenters. The van der Waals surface area contributed by atoms with Crippen LogP contribution in [0.15, 0.2) is 48.5 Å². The highest BCUT2D eigenvalue weighted by Gasteiger charge is 2.40. The van der Waals surface area contributed by atoms with Crippen LogP contribution >= 0.6 is 0 Å². The first kappa shape index (κ1) is 30.2. The summed E-state index contributed by atoms with van der Waals surface area (Å²) in [5, 5.41) is 0. The normalized spacial score (nSPS) is 18.9. The molecule has 228 valence electrons. The zero-order valence-electron chi connectivity index (χ0n) is 26.1. The van der Waals surface area contributed by atoms with Crippen molar-refractivity contribution >= 4 is 23.6 Å². The van der Waals surface area contributed by atoms with E-state index in [4.69, 9.17) is 9.47 Å². The summed E-state index contributed by atoms with van der Waals surface area (Å²) >= 11 is 0. The SMILES string of the molecule is CC(C)(C)OC(=O)N1CCC(C(C)(C)N2CCN(c3cccc4c3CCCN4C(=O)OCc3ccccc3)CC2)CC1. The minimum Gasteiger partial charge on any atom is -0.444 e. The maximum absolute atomic E-state index is 13.1. The summed E-state index contributed by atoms with van der Waals surface area (Å²) in [4.78, 5) is 34.5. The molecule has 2 amide bonds. The number of benzene rings is 2. The fraction of sp³-hybridized carbons (Fsp3) is 0.588. The van der Waals surface area contributed by atoms with E-state index in [1.165, 1.54) is 11.3 Å². The minimum absolute atomic E-state index is 0.0571. The number of rotatable bonds is 5. The van der Waals surface area contributed by atoms with Gasteiger partial charge in [-0.3, -0.25) is 9.80 Å². The van der Waals surface area contributed by atoms with Gasteiger partial charge in [0, 0.05) is 57.0 Å². The highest BCUT2D eigenvalue weighted by molar-refractivity contribution is 5.90. The Morgan fingerprint density at radius 2 is 1.45 bits per heavy atom. The van der Waals surface area contributed by atoms with E-state index in [1.807, 2.05) is 60.9 Å². The highest BCUT2D eigenvalue weighted by atomic mass is 16.6. The molecule has 2 aromatic carbocycles. The third-order valence-electron chi connectivity index (χ3n) is 9.23. The Kier molecular flexibility index (Phi) is 9.02. The van der Waals surface area contributed by atoms with Crippen molar-refractivity contribution in [3.8, 4) is 0 Å². The number of carbonyl (C=O) groups is 2. The van der Waals surface area contributed by atoms with Gasteiger partial charge in [-0.1, -0.05) is 36.4 Å². The van der Waals surface area contributed by atoms with Gasteiger partial charge in [0.05, 0.1) is 5.69 Å². The van der Waals surface area contributed by atoms with Crippen molar-refractivity contribution in [3.63, 3.8) is 0 Å². The Morgan fingerprint density at radius 1 is 0.786 bits per heavy atom. The Bertz CT molecular complexity index is 1230. The van der Waals surface area contributed by atoms with Gasteiger partial charge in [0.15, 0.2) is 0 Å². The van der Waals surface area contributed by atoms with Crippen LogP contribution in [0.1, 0.15) is 65.0 Å². The quantitative estimate of drug-likeness (QED) is 0.415. The number of amides is 2. The molecule has 2 aromatic rings. The van der Waals surface area contributed by atoms with Crippen molar-refractivity contribution in [2.75, 3.05) is 55.6 Å². The van der Waals surface area contributed by atoms with E-state index in [0.717, 1.165) is 76.2 Å². The molecule has 8 heteroatoms. The molecule has 2 fully saturated rings. The fourth-order valence-electron chi connectivity index (χ4n) is 6.77. The molecular formula is C34H48N4O4. The number of fused-ring (bicyclic) bond motifs is 1. The molecule has 0 N–H and O–H groups in total. The first-order valence-electron chi connectivity index (χ1n) is 15.6. The summed E-state index contributed by atoms with van der Waals surface area (Å²) in [5.74, 6) is 0.530. The number of hydrogen-bond acceptors (Lipinski definition) is 6. The van der Waals surface area contributed by atoms with Gasteiger partial charge in [-0.15, -0.1) is 0 Å². The fourth-order valence-corrected chi connectivity index (χ4v) is 6.77. The maximum atomic E-state index is 13.1. The molecule has 3 aliphatic rings. The zero-order valence-corrected chi connectivity index (χ0v) is 26.1. The Labute approximate surface area is 251 Å². The van der Waals surface area contributed by atoms with Crippen LogP contribution in [0.4, 0.5) is 21.0 Å². The summed E-state index contributed by atoms with van der Waals surface area (Å²) in [7, 11) is 0. The lowest BCUT2D eigenvalue weighted by atomic mass is 9.78. The zero-order chi connectivity index (χ0) is 29.9. The smallest absolute Gasteiger partial charge is 0.414 e. The predicted octanol–water partition coefficient (Wildman–Crippen LogP) is 6.32. The number of piperidine rings is 1. The van der Waals surface area contributed by atoms with Gasteiger partial charge in [-0.05, 0) is 89.5 Å². The van der Waals surface area contributed by atoms with Crippen molar-refractivity contribution in [2.24, 2.45) is 5.92 Å². The molecule has 0 radical (unpaired) electrons. The molecule has 2 saturated heterocycles. The number of nitrogens with zero attached hydrogens (tertiary/aromatic N) is 4.